The van der Waals surface area contributed by atoms with Crippen LogP contribution in [0.4, 0.5) is 0 Å². The maximum atomic E-state index is 12.9. The highest BCUT2D eigenvalue weighted by Gasteiger charge is 2.50. The Kier molecular flexibility index (Phi) is 6.74. The van der Waals surface area contributed by atoms with Crippen molar-refractivity contribution in [3.05, 3.63) is 29.3 Å². The van der Waals surface area contributed by atoms with Crippen LogP contribution in [-0.2, 0) is 15.1 Å². The SMILES string of the molecule is COc1cccc2c1[C@]1(CC[C@H](C(=O)N(C)CCN3CCCC3)CC1)OC2=O.Cl. The molecule has 2 aliphatic heterocycles. The minimum atomic E-state index is -0.635. The fraction of sp³-hybridized carbons (Fsp3) is 0.636. The van der Waals surface area contributed by atoms with Crippen LogP contribution in [0.5, 0.6) is 5.75 Å². The molecule has 160 valence electrons. The maximum Gasteiger partial charge on any atom is 0.339 e. The van der Waals surface area contributed by atoms with E-state index in [-0.39, 0.29) is 30.2 Å². The molecule has 0 bridgehead atoms. The van der Waals surface area contributed by atoms with Crippen LogP contribution in [0.1, 0.15) is 54.4 Å². The lowest BCUT2D eigenvalue weighted by molar-refractivity contribution is -0.137. The van der Waals surface area contributed by atoms with Crippen molar-refractivity contribution in [2.75, 3.05) is 40.3 Å². The van der Waals surface area contributed by atoms with Gasteiger partial charge in [-0.1, -0.05) is 6.07 Å². The van der Waals surface area contributed by atoms with Gasteiger partial charge < -0.3 is 19.3 Å². The Morgan fingerprint density at radius 1 is 1.28 bits per heavy atom. The summed E-state index contributed by atoms with van der Waals surface area (Å²) in [5, 5.41) is 0. The maximum absolute atomic E-state index is 12.9. The fourth-order valence-electron chi connectivity index (χ4n) is 5.03. The molecule has 6 nitrogen and oxygen atoms in total. The summed E-state index contributed by atoms with van der Waals surface area (Å²) in [6, 6.07) is 5.51. The van der Waals surface area contributed by atoms with E-state index in [1.165, 1.54) is 12.8 Å². The number of halogens is 1. The van der Waals surface area contributed by atoms with E-state index >= 15 is 0 Å². The second-order valence-electron chi connectivity index (χ2n) is 8.35. The predicted octanol–water partition coefficient (Wildman–Crippen LogP) is 3.23. The summed E-state index contributed by atoms with van der Waals surface area (Å²) in [6.07, 6.45) is 5.35. The van der Waals surface area contributed by atoms with E-state index in [2.05, 4.69) is 4.90 Å². The van der Waals surface area contributed by atoms with Gasteiger partial charge in [0.25, 0.3) is 0 Å². The third-order valence-electron chi connectivity index (χ3n) is 6.68. The molecule has 1 spiro atoms. The number of rotatable bonds is 5. The van der Waals surface area contributed by atoms with E-state index in [9.17, 15) is 9.59 Å². The Morgan fingerprint density at radius 2 is 1.97 bits per heavy atom. The number of ether oxygens (including phenoxy) is 2. The van der Waals surface area contributed by atoms with Crippen molar-refractivity contribution >= 4 is 24.3 Å². The molecule has 2 heterocycles. The summed E-state index contributed by atoms with van der Waals surface area (Å²) >= 11 is 0. The lowest BCUT2D eigenvalue weighted by atomic mass is 9.74. The van der Waals surface area contributed by atoms with Crippen LogP contribution in [-0.4, -0.2) is 62.0 Å². The zero-order valence-electron chi connectivity index (χ0n) is 17.3. The van der Waals surface area contributed by atoms with Gasteiger partial charge in [-0.25, -0.2) is 4.79 Å². The first-order chi connectivity index (χ1) is 13.5. The van der Waals surface area contributed by atoms with Crippen LogP contribution in [0.2, 0.25) is 0 Å². The van der Waals surface area contributed by atoms with E-state index < -0.39 is 5.60 Å². The van der Waals surface area contributed by atoms with Gasteiger partial charge in [-0.15, -0.1) is 12.4 Å². The number of carbonyl (C=O) groups is 2. The molecule has 29 heavy (non-hydrogen) atoms. The predicted molar refractivity (Wildman–Crippen MR) is 113 cm³/mol. The summed E-state index contributed by atoms with van der Waals surface area (Å²) in [7, 11) is 3.54. The van der Waals surface area contributed by atoms with Gasteiger partial charge in [0.1, 0.15) is 11.4 Å². The number of hydrogen-bond donors (Lipinski definition) is 0. The Hall–Kier alpha value is -1.79. The van der Waals surface area contributed by atoms with Crippen molar-refractivity contribution in [2.45, 2.75) is 44.1 Å². The number of hydrogen-bond acceptors (Lipinski definition) is 5. The quantitative estimate of drug-likeness (QED) is 0.682. The Morgan fingerprint density at radius 3 is 2.62 bits per heavy atom. The van der Waals surface area contributed by atoms with Crippen molar-refractivity contribution in [1.29, 1.82) is 0 Å². The highest BCUT2D eigenvalue weighted by Crippen LogP contribution is 2.51. The molecule has 1 saturated carbocycles. The molecule has 1 saturated heterocycles. The minimum absolute atomic E-state index is 0. The first-order valence-electron chi connectivity index (χ1n) is 10.4. The standard InChI is InChI=1S/C22H30N2O4.ClH/c1-23(14-15-24-12-3-4-13-24)20(25)16-8-10-22(11-9-16)19-17(21(26)28-22)6-5-7-18(19)27-2;/h5-7,16H,3-4,8-15H2,1-2H3;1H/t16-,22+;. The zero-order chi connectivity index (χ0) is 19.7. The second-order valence-corrected chi connectivity index (χ2v) is 8.35. The van der Waals surface area contributed by atoms with Crippen LogP contribution in [0.3, 0.4) is 0 Å². The largest absolute Gasteiger partial charge is 0.496 e. The van der Waals surface area contributed by atoms with E-state index in [1.54, 1.807) is 13.2 Å². The zero-order valence-corrected chi connectivity index (χ0v) is 18.1. The van der Waals surface area contributed by atoms with E-state index in [4.69, 9.17) is 9.47 Å². The molecule has 4 rings (SSSR count). The Labute approximate surface area is 178 Å². The monoisotopic (exact) mass is 422 g/mol. The first-order valence-corrected chi connectivity index (χ1v) is 10.4. The Bertz CT molecular complexity index is 755. The molecule has 1 aromatic rings. The molecule has 0 unspecified atom stereocenters. The molecule has 1 aromatic carbocycles. The molecule has 2 fully saturated rings. The number of amides is 1. The number of esters is 1. The first kappa shape index (κ1) is 21.9. The summed E-state index contributed by atoms with van der Waals surface area (Å²) in [4.78, 5) is 29.6. The van der Waals surface area contributed by atoms with Gasteiger partial charge in [-0.3, -0.25) is 4.79 Å². The molecule has 0 N–H and O–H groups in total. The van der Waals surface area contributed by atoms with Crippen molar-refractivity contribution < 1.29 is 19.1 Å². The smallest absolute Gasteiger partial charge is 0.339 e. The summed E-state index contributed by atoms with van der Waals surface area (Å²) in [6.45, 7) is 4.05. The number of benzene rings is 1. The molecule has 1 amide bonds. The molecule has 0 radical (unpaired) electrons. The topological polar surface area (TPSA) is 59.1 Å². The molecule has 0 atom stereocenters. The fourth-order valence-corrected chi connectivity index (χ4v) is 5.03. The number of fused-ring (bicyclic) bond motifs is 2. The van der Waals surface area contributed by atoms with Crippen molar-refractivity contribution in [3.63, 3.8) is 0 Å². The minimum Gasteiger partial charge on any atom is -0.496 e. The van der Waals surface area contributed by atoms with Crippen molar-refractivity contribution in [2.24, 2.45) is 5.92 Å². The van der Waals surface area contributed by atoms with Crippen molar-refractivity contribution in [3.8, 4) is 5.75 Å². The van der Waals surface area contributed by atoms with Crippen LogP contribution in [0.15, 0.2) is 18.2 Å². The average molecular weight is 423 g/mol. The molecule has 1 aliphatic carbocycles. The summed E-state index contributed by atoms with van der Waals surface area (Å²) in [5.41, 5.74) is 0.840. The highest BCUT2D eigenvalue weighted by molar-refractivity contribution is 5.96. The van der Waals surface area contributed by atoms with Gasteiger partial charge in [0.05, 0.1) is 18.2 Å². The third-order valence-corrected chi connectivity index (χ3v) is 6.68. The van der Waals surface area contributed by atoms with Crippen LogP contribution >= 0.6 is 12.4 Å². The molecule has 3 aliphatic rings. The highest BCUT2D eigenvalue weighted by atomic mass is 35.5. The van der Waals surface area contributed by atoms with E-state index in [1.807, 2.05) is 24.1 Å². The second kappa shape index (κ2) is 8.92. The third kappa shape index (κ3) is 4.10. The van der Waals surface area contributed by atoms with Crippen LogP contribution in [0.25, 0.3) is 0 Å². The summed E-state index contributed by atoms with van der Waals surface area (Å²) < 4.78 is 11.4. The molecule has 7 heteroatoms. The van der Waals surface area contributed by atoms with Gasteiger partial charge in [0.15, 0.2) is 0 Å². The summed E-state index contributed by atoms with van der Waals surface area (Å²) in [5.74, 6) is 0.655. The number of likely N-dealkylation sites (N-methyl/N-ethyl adjacent to an activating group) is 1. The molecular formula is C22H31ClN2O4. The van der Waals surface area contributed by atoms with Crippen LogP contribution in [0, 0.1) is 5.92 Å². The van der Waals surface area contributed by atoms with E-state index in [0.29, 0.717) is 24.2 Å². The molecule has 0 aromatic heterocycles. The van der Waals surface area contributed by atoms with Gasteiger partial charge in [-0.2, -0.15) is 0 Å². The number of carbonyl (C=O) groups excluding carboxylic acids is 2. The van der Waals surface area contributed by atoms with Gasteiger partial charge in [0.2, 0.25) is 5.91 Å². The molecular weight excluding hydrogens is 392 g/mol. The van der Waals surface area contributed by atoms with Gasteiger partial charge in [0, 0.05) is 26.1 Å². The van der Waals surface area contributed by atoms with Gasteiger partial charge >= 0.3 is 5.97 Å². The number of nitrogens with zero attached hydrogens (tertiary/aromatic N) is 2. The average Bonchev–Trinajstić information content (AvgIpc) is 3.33. The lowest BCUT2D eigenvalue weighted by Crippen LogP contribution is -2.41. The van der Waals surface area contributed by atoms with Crippen LogP contribution < -0.4 is 4.74 Å². The van der Waals surface area contributed by atoms with Crippen molar-refractivity contribution in [1.82, 2.24) is 9.80 Å². The lowest BCUT2D eigenvalue weighted by Gasteiger charge is -2.37. The van der Waals surface area contributed by atoms with Gasteiger partial charge in [-0.05, 0) is 63.7 Å². The Balaban J connectivity index is 0.00000240. The normalized spacial score (nSPS) is 26.0. The number of methoxy groups -OCH3 is 1. The van der Waals surface area contributed by atoms with E-state index in [0.717, 1.165) is 44.6 Å². The number of likely N-dealkylation sites (tertiary alicyclic amines) is 1.